The number of carbonyl (C=O) groups is 2. The molecule has 0 fully saturated rings. The molecule has 0 radical (unpaired) electrons. The lowest BCUT2D eigenvalue weighted by Crippen LogP contribution is -2.52. The summed E-state index contributed by atoms with van der Waals surface area (Å²) in [5.41, 5.74) is 6.09. The quantitative estimate of drug-likeness (QED) is 0.591. The van der Waals surface area contributed by atoms with Gasteiger partial charge in [-0.1, -0.05) is 13.8 Å². The number of nitrogens with one attached hydrogen (secondary N) is 2. The second-order valence-corrected chi connectivity index (χ2v) is 7.06. The second-order valence-electron chi connectivity index (χ2n) is 6.28. The Morgan fingerprint density at radius 1 is 1.39 bits per heavy atom. The molecular weight excluding hydrogens is 334 g/mol. The van der Waals surface area contributed by atoms with Crippen LogP contribution in [-0.4, -0.2) is 30.4 Å². The number of nitrogens with two attached hydrogens (primary N) is 1. The van der Waals surface area contributed by atoms with Crippen LogP contribution in [0.1, 0.15) is 50.4 Å². The van der Waals surface area contributed by atoms with Crippen LogP contribution in [0.3, 0.4) is 0 Å². The molecule has 0 aliphatic rings. The first kappa shape index (κ1) is 21.9. The van der Waals surface area contributed by atoms with Gasteiger partial charge in [-0.2, -0.15) is 11.3 Å². The lowest BCUT2D eigenvalue weighted by Gasteiger charge is -2.31. The summed E-state index contributed by atoms with van der Waals surface area (Å²) < 4.78 is 0. The Kier molecular flexibility index (Phi) is 10.1. The molecule has 0 aromatic carbocycles. The summed E-state index contributed by atoms with van der Waals surface area (Å²) in [7, 11) is 0. The molecule has 7 heteroatoms. The number of hydrogen-bond donors (Lipinski definition) is 3. The maximum atomic E-state index is 12.0. The molecule has 0 spiro atoms. The van der Waals surface area contributed by atoms with E-state index in [1.54, 1.807) is 11.4 Å². The number of thiophene rings is 1. The Balaban J connectivity index is 0.00000484. The van der Waals surface area contributed by atoms with Crippen molar-refractivity contribution in [3.63, 3.8) is 0 Å². The highest BCUT2D eigenvalue weighted by Crippen LogP contribution is 2.15. The predicted octanol–water partition coefficient (Wildman–Crippen LogP) is 2.56. The Morgan fingerprint density at radius 3 is 2.61 bits per heavy atom. The second kappa shape index (κ2) is 10.6. The molecule has 0 bridgehead atoms. The molecular formula is C16H28ClN3O2S. The summed E-state index contributed by atoms with van der Waals surface area (Å²) in [6.07, 6.45) is 1.85. The van der Waals surface area contributed by atoms with E-state index in [2.05, 4.69) is 24.5 Å². The van der Waals surface area contributed by atoms with E-state index >= 15 is 0 Å². The van der Waals surface area contributed by atoms with Crippen LogP contribution >= 0.6 is 23.7 Å². The highest BCUT2D eigenvalue weighted by atomic mass is 35.5. The van der Waals surface area contributed by atoms with Gasteiger partial charge in [0, 0.05) is 36.0 Å². The fourth-order valence-electron chi connectivity index (χ4n) is 2.43. The zero-order valence-corrected chi connectivity index (χ0v) is 15.7. The molecule has 0 saturated heterocycles. The molecule has 1 rings (SSSR count). The van der Waals surface area contributed by atoms with Crippen molar-refractivity contribution in [1.82, 2.24) is 10.6 Å². The summed E-state index contributed by atoms with van der Waals surface area (Å²) in [6, 6.07) is 1.78. The van der Waals surface area contributed by atoms with Gasteiger partial charge < -0.3 is 16.4 Å². The third kappa shape index (κ3) is 8.34. The molecule has 0 saturated carbocycles. The fourth-order valence-corrected chi connectivity index (χ4v) is 3.07. The fraction of sp³-hybridized carbons (Fsp3) is 0.625. The molecule has 1 unspecified atom stereocenters. The molecule has 0 aliphatic heterocycles. The summed E-state index contributed by atoms with van der Waals surface area (Å²) in [5.74, 6) is 0.366. The lowest BCUT2D eigenvalue weighted by atomic mass is 9.90. The molecule has 23 heavy (non-hydrogen) atoms. The van der Waals surface area contributed by atoms with Crippen molar-refractivity contribution in [3.8, 4) is 0 Å². The van der Waals surface area contributed by atoms with E-state index in [1.807, 2.05) is 12.3 Å². The zero-order chi connectivity index (χ0) is 16.6. The minimum Gasteiger partial charge on any atom is -0.352 e. The first-order valence-corrected chi connectivity index (χ1v) is 8.62. The highest BCUT2D eigenvalue weighted by Gasteiger charge is 2.25. The number of halogens is 1. The van der Waals surface area contributed by atoms with Crippen LogP contribution in [0.5, 0.6) is 0 Å². The van der Waals surface area contributed by atoms with Crippen LogP contribution in [-0.2, 0) is 4.79 Å². The molecule has 1 atom stereocenters. The highest BCUT2D eigenvalue weighted by molar-refractivity contribution is 7.08. The van der Waals surface area contributed by atoms with E-state index in [1.165, 1.54) is 11.3 Å². The van der Waals surface area contributed by atoms with Crippen molar-refractivity contribution in [2.45, 2.75) is 45.6 Å². The number of carbonyl (C=O) groups excluding carboxylic acids is 2. The third-order valence-electron chi connectivity index (χ3n) is 3.40. The first-order chi connectivity index (χ1) is 10.4. The van der Waals surface area contributed by atoms with Crippen molar-refractivity contribution in [2.75, 3.05) is 13.1 Å². The molecule has 1 aromatic rings. The Morgan fingerprint density at radius 2 is 2.09 bits per heavy atom. The molecule has 1 heterocycles. The smallest absolute Gasteiger partial charge is 0.252 e. The molecule has 0 aliphatic carbocycles. The summed E-state index contributed by atoms with van der Waals surface area (Å²) in [6.45, 7) is 7.11. The zero-order valence-electron chi connectivity index (χ0n) is 14.1. The van der Waals surface area contributed by atoms with Gasteiger partial charge in [0.05, 0.1) is 0 Å². The van der Waals surface area contributed by atoms with Crippen molar-refractivity contribution in [1.29, 1.82) is 0 Å². The van der Waals surface area contributed by atoms with E-state index < -0.39 is 0 Å². The van der Waals surface area contributed by atoms with Gasteiger partial charge in [0.2, 0.25) is 5.91 Å². The SMILES string of the molecule is CC(C)CC(C)(CN)NC(=O)CCCNC(=O)c1ccsc1.Cl. The third-order valence-corrected chi connectivity index (χ3v) is 4.08. The maximum absolute atomic E-state index is 12.0. The van der Waals surface area contributed by atoms with Crippen molar-refractivity contribution < 1.29 is 9.59 Å². The molecule has 1 aromatic heterocycles. The van der Waals surface area contributed by atoms with E-state index in [0.717, 1.165) is 6.42 Å². The van der Waals surface area contributed by atoms with Gasteiger partial charge in [-0.25, -0.2) is 0 Å². The van der Waals surface area contributed by atoms with Gasteiger partial charge in [-0.15, -0.1) is 12.4 Å². The van der Waals surface area contributed by atoms with Crippen LogP contribution in [0.15, 0.2) is 16.8 Å². The van der Waals surface area contributed by atoms with Crippen LogP contribution < -0.4 is 16.4 Å². The van der Waals surface area contributed by atoms with Gasteiger partial charge >= 0.3 is 0 Å². The standard InChI is InChI=1S/C16H27N3O2S.ClH/c1-12(2)9-16(3,11-17)19-14(20)5-4-7-18-15(21)13-6-8-22-10-13;/h6,8,10,12H,4-5,7,9,11,17H2,1-3H3,(H,18,21)(H,19,20);1H. The van der Waals surface area contributed by atoms with Crippen molar-refractivity contribution >= 4 is 35.6 Å². The van der Waals surface area contributed by atoms with Gasteiger partial charge in [-0.05, 0) is 37.1 Å². The Labute approximate surface area is 148 Å². The van der Waals surface area contributed by atoms with Gasteiger partial charge in [-0.3, -0.25) is 9.59 Å². The van der Waals surface area contributed by atoms with Crippen LogP contribution in [0.4, 0.5) is 0 Å². The topological polar surface area (TPSA) is 84.2 Å². The van der Waals surface area contributed by atoms with Crippen molar-refractivity contribution in [3.05, 3.63) is 22.4 Å². The van der Waals surface area contributed by atoms with E-state index in [-0.39, 0.29) is 29.8 Å². The maximum Gasteiger partial charge on any atom is 0.252 e. The molecule has 5 nitrogen and oxygen atoms in total. The Bertz CT molecular complexity index is 480. The van der Waals surface area contributed by atoms with E-state index in [4.69, 9.17) is 5.73 Å². The average molecular weight is 362 g/mol. The summed E-state index contributed by atoms with van der Waals surface area (Å²) >= 11 is 1.49. The first-order valence-electron chi connectivity index (χ1n) is 7.68. The van der Waals surface area contributed by atoms with E-state index in [0.29, 0.717) is 37.4 Å². The molecule has 2 amide bonds. The van der Waals surface area contributed by atoms with Gasteiger partial charge in [0.25, 0.3) is 5.91 Å². The number of amides is 2. The minimum absolute atomic E-state index is 0. The molecule has 132 valence electrons. The van der Waals surface area contributed by atoms with E-state index in [9.17, 15) is 9.59 Å². The van der Waals surface area contributed by atoms with Crippen LogP contribution in [0.25, 0.3) is 0 Å². The Hall–Kier alpha value is -1.11. The average Bonchev–Trinajstić information content (AvgIpc) is 2.96. The van der Waals surface area contributed by atoms with Gasteiger partial charge in [0.1, 0.15) is 0 Å². The van der Waals surface area contributed by atoms with Crippen LogP contribution in [0.2, 0.25) is 0 Å². The van der Waals surface area contributed by atoms with Crippen LogP contribution in [0, 0.1) is 5.92 Å². The summed E-state index contributed by atoms with van der Waals surface area (Å²) in [4.78, 5) is 23.7. The van der Waals surface area contributed by atoms with Crippen molar-refractivity contribution in [2.24, 2.45) is 11.7 Å². The predicted molar refractivity (Wildman–Crippen MR) is 98.2 cm³/mol. The lowest BCUT2D eigenvalue weighted by molar-refractivity contribution is -0.123. The minimum atomic E-state index is -0.356. The molecule has 4 N–H and O–H groups in total. The number of rotatable bonds is 9. The summed E-state index contributed by atoms with van der Waals surface area (Å²) in [5, 5.41) is 9.50. The number of hydrogen-bond acceptors (Lipinski definition) is 4. The van der Waals surface area contributed by atoms with Gasteiger partial charge in [0.15, 0.2) is 0 Å². The normalized spacial score (nSPS) is 13.1. The largest absolute Gasteiger partial charge is 0.352 e. The monoisotopic (exact) mass is 361 g/mol.